The van der Waals surface area contributed by atoms with E-state index in [1.165, 1.54) is 278 Å². The van der Waals surface area contributed by atoms with Gasteiger partial charge in [0.25, 0.3) is 0 Å². The maximum absolute atomic E-state index is 10.00. The van der Waals surface area contributed by atoms with E-state index in [9.17, 15) is 10.5 Å². The van der Waals surface area contributed by atoms with Gasteiger partial charge >= 0.3 is 0 Å². The summed E-state index contributed by atoms with van der Waals surface area (Å²) in [5.41, 5.74) is 31.9. The molecule has 0 unspecified atom stereocenters. The van der Waals surface area contributed by atoms with E-state index in [-0.39, 0.29) is 10.8 Å². The van der Waals surface area contributed by atoms with Gasteiger partial charge in [-0.1, -0.05) is 339 Å². The van der Waals surface area contributed by atoms with Gasteiger partial charge in [-0.05, 0) is 223 Å². The average molecular weight is 1310 g/mol. The summed E-state index contributed by atoms with van der Waals surface area (Å²) in [5, 5.41) is 20.0. The van der Waals surface area contributed by atoms with Crippen molar-refractivity contribution in [3.8, 4) is 112 Å². The highest BCUT2D eigenvalue weighted by Crippen LogP contribution is 2.58. The molecule has 0 aliphatic heterocycles. The second-order valence-corrected chi connectivity index (χ2v) is 30.0. The minimum absolute atomic E-state index is 0.0488. The number of aryl methyl sites for hydroxylation is 2. The Balaban J connectivity index is 1.00. The summed E-state index contributed by atoms with van der Waals surface area (Å²) in [4.78, 5) is 0. The molecule has 12 rings (SSSR count). The molecule has 10 aromatic rings. The molecule has 2 nitrogen and oxygen atoms in total. The number of rotatable bonds is 35. The summed E-state index contributed by atoms with van der Waals surface area (Å²) < 4.78 is 0. The predicted molar refractivity (Wildman–Crippen MR) is 428 cm³/mol. The van der Waals surface area contributed by atoms with Gasteiger partial charge in [-0.2, -0.15) is 10.5 Å². The largest absolute Gasteiger partial charge is 0.192 e. The number of nitrogens with zero attached hydrogens (tertiary/aromatic N) is 2. The third kappa shape index (κ3) is 16.0. The summed E-state index contributed by atoms with van der Waals surface area (Å²) >= 11 is 0. The molecular formula is C98H108N2. The van der Waals surface area contributed by atoms with Crippen molar-refractivity contribution in [3.05, 3.63) is 251 Å². The molecule has 2 heteroatoms. The van der Waals surface area contributed by atoms with Crippen LogP contribution in [0.15, 0.2) is 206 Å². The van der Waals surface area contributed by atoms with E-state index in [1.54, 1.807) is 11.6 Å². The molecule has 0 amide bonds. The minimum atomic E-state index is -0.158. The second-order valence-electron chi connectivity index (χ2n) is 30.0. The first-order chi connectivity index (χ1) is 49.1. The van der Waals surface area contributed by atoms with Gasteiger partial charge in [-0.3, -0.25) is 0 Å². The quantitative estimate of drug-likeness (QED) is 0.0372. The summed E-state index contributed by atoms with van der Waals surface area (Å²) in [6, 6.07) is 83.7. The van der Waals surface area contributed by atoms with E-state index < -0.39 is 0 Å². The summed E-state index contributed by atoms with van der Waals surface area (Å²) in [5.74, 6) is 0. The Labute approximate surface area is 602 Å². The molecule has 0 spiro atoms. The Hall–Kier alpha value is -8.82. The molecule has 510 valence electrons. The molecule has 0 saturated heterocycles. The van der Waals surface area contributed by atoms with Gasteiger partial charge in [0.15, 0.2) is 0 Å². The molecule has 0 atom stereocenters. The van der Waals surface area contributed by atoms with E-state index in [2.05, 4.69) is 242 Å². The number of fused-ring (bicyclic) bond motifs is 6. The Morgan fingerprint density at radius 2 is 0.530 bits per heavy atom. The molecular weight excluding hydrogens is 1210 g/mol. The van der Waals surface area contributed by atoms with Crippen LogP contribution in [-0.2, 0) is 10.8 Å². The molecule has 2 aliphatic rings. The van der Waals surface area contributed by atoms with Crippen molar-refractivity contribution < 1.29 is 0 Å². The molecule has 0 radical (unpaired) electrons. The van der Waals surface area contributed by atoms with Gasteiger partial charge < -0.3 is 0 Å². The highest BCUT2D eigenvalue weighted by atomic mass is 14.5. The van der Waals surface area contributed by atoms with Crippen LogP contribution in [0.3, 0.4) is 0 Å². The molecule has 0 fully saturated rings. The normalized spacial score (nSPS) is 13.0. The maximum atomic E-state index is 10.00. The molecule has 100 heavy (non-hydrogen) atoms. The van der Waals surface area contributed by atoms with Crippen molar-refractivity contribution in [2.24, 2.45) is 0 Å². The predicted octanol–water partition coefficient (Wildman–Crippen LogP) is 29.3. The van der Waals surface area contributed by atoms with Crippen LogP contribution in [0.5, 0.6) is 0 Å². The number of hydrogen-bond donors (Lipinski definition) is 0. The van der Waals surface area contributed by atoms with Crippen LogP contribution in [0.4, 0.5) is 0 Å². The van der Waals surface area contributed by atoms with Gasteiger partial charge in [0.2, 0.25) is 0 Å². The minimum Gasteiger partial charge on any atom is -0.192 e. The third-order valence-corrected chi connectivity index (χ3v) is 22.8. The molecule has 0 N–H and O–H groups in total. The number of nitriles is 2. The first-order valence-electron chi connectivity index (χ1n) is 39.1. The Morgan fingerprint density at radius 3 is 0.940 bits per heavy atom. The number of benzene rings is 10. The van der Waals surface area contributed by atoms with Crippen LogP contribution < -0.4 is 0 Å². The van der Waals surface area contributed by atoms with Crippen LogP contribution in [0.25, 0.3) is 100 Å². The lowest BCUT2D eigenvalue weighted by atomic mass is 9.69. The highest BCUT2D eigenvalue weighted by Gasteiger charge is 2.44. The topological polar surface area (TPSA) is 47.6 Å². The summed E-state index contributed by atoms with van der Waals surface area (Å²) in [7, 11) is 0. The summed E-state index contributed by atoms with van der Waals surface area (Å²) in [6.07, 6.45) is 35.3. The highest BCUT2D eigenvalue weighted by molar-refractivity contribution is 5.91. The molecule has 2 aliphatic carbocycles. The standard InChI is InChI=1S/C98H108N2/c1-7-11-15-19-23-29-53-97(54-30-24-20-16-12-8-2)93-58-72(6)41-49-89(93)90-51-47-79(67-95(90)97)85-63-84(76-44-42-75(43-45-76)83-60-73(69-99)59-74(61-83)70-100)64-86(65-85)80-48-52-92-91-50-46-78(77-36-34-38-82(62-77)88-40-28-27-39-87(88)81-37-33-35-71(5)57-81)66-94(91)98(96(92)68-80,55-31-25-21-17-13-9-3)56-32-26-22-18-14-10-4/h27-28,33-52,57-68H,7-26,29-32,53-56H2,1-6H3. The van der Waals surface area contributed by atoms with Crippen molar-refractivity contribution in [2.45, 2.75) is 232 Å². The SMILES string of the molecule is CCCCCCCCC1(CCCCCCCC)c2cc(C)ccc2-c2ccc(-c3cc(-c4ccc(-c5cc(C#N)cc(C#N)c5)cc4)cc(-c4ccc5c(c4)C(CCCCCCCC)(CCCCCCCC)c4cc(-c6cccc(-c7ccccc7-c7cccc(C)c7)c6)ccc4-5)c3)cc21. The Kier molecular flexibility index (Phi) is 24.2. The third-order valence-electron chi connectivity index (χ3n) is 22.8. The van der Waals surface area contributed by atoms with E-state index in [4.69, 9.17) is 0 Å². The van der Waals surface area contributed by atoms with Gasteiger partial charge in [0.05, 0.1) is 23.3 Å². The van der Waals surface area contributed by atoms with E-state index >= 15 is 0 Å². The van der Waals surface area contributed by atoms with Crippen LogP contribution >= 0.6 is 0 Å². The van der Waals surface area contributed by atoms with E-state index in [1.807, 2.05) is 12.1 Å². The van der Waals surface area contributed by atoms with Crippen molar-refractivity contribution in [1.29, 1.82) is 10.5 Å². The molecule has 0 bridgehead atoms. The number of hydrogen-bond acceptors (Lipinski definition) is 2. The molecule has 0 aromatic heterocycles. The van der Waals surface area contributed by atoms with Crippen LogP contribution in [0, 0.1) is 36.5 Å². The zero-order valence-corrected chi connectivity index (χ0v) is 61.3. The van der Waals surface area contributed by atoms with Crippen LogP contribution in [-0.4, -0.2) is 0 Å². The molecule has 0 saturated carbocycles. The lowest BCUT2D eigenvalue weighted by Gasteiger charge is -2.33. The Morgan fingerprint density at radius 1 is 0.230 bits per heavy atom. The maximum Gasteiger partial charge on any atom is 0.0992 e. The van der Waals surface area contributed by atoms with E-state index in [0.29, 0.717) is 11.1 Å². The van der Waals surface area contributed by atoms with Crippen LogP contribution in [0.2, 0.25) is 0 Å². The average Bonchev–Trinajstić information content (AvgIpc) is 1.56. The molecule has 0 heterocycles. The summed E-state index contributed by atoms with van der Waals surface area (Å²) in [6.45, 7) is 13.8. The smallest absolute Gasteiger partial charge is 0.0992 e. The van der Waals surface area contributed by atoms with Crippen molar-refractivity contribution in [2.75, 3.05) is 0 Å². The van der Waals surface area contributed by atoms with Gasteiger partial charge in [0, 0.05) is 10.8 Å². The van der Waals surface area contributed by atoms with Crippen molar-refractivity contribution in [3.63, 3.8) is 0 Å². The lowest BCUT2D eigenvalue weighted by Crippen LogP contribution is -2.25. The van der Waals surface area contributed by atoms with Gasteiger partial charge in [-0.25, -0.2) is 0 Å². The van der Waals surface area contributed by atoms with Crippen LogP contribution in [0.1, 0.15) is 252 Å². The Bertz CT molecular complexity index is 4430. The second kappa shape index (κ2) is 34.0. The fourth-order valence-electron chi connectivity index (χ4n) is 17.4. The van der Waals surface area contributed by atoms with Gasteiger partial charge in [-0.15, -0.1) is 0 Å². The molecule has 10 aromatic carbocycles. The van der Waals surface area contributed by atoms with Crippen molar-refractivity contribution >= 4 is 0 Å². The first kappa shape index (κ1) is 71.0. The first-order valence-corrected chi connectivity index (χ1v) is 39.1. The zero-order valence-electron chi connectivity index (χ0n) is 61.3. The van der Waals surface area contributed by atoms with E-state index in [0.717, 1.165) is 29.5 Å². The lowest BCUT2D eigenvalue weighted by molar-refractivity contribution is 0.398. The number of unbranched alkanes of at least 4 members (excludes halogenated alkanes) is 20. The van der Waals surface area contributed by atoms with Crippen molar-refractivity contribution in [1.82, 2.24) is 0 Å². The van der Waals surface area contributed by atoms with Gasteiger partial charge in [0.1, 0.15) is 0 Å². The fraction of sp³-hybridized carbons (Fsp3) is 0.367. The fourth-order valence-corrected chi connectivity index (χ4v) is 17.4. The zero-order chi connectivity index (χ0) is 69.3. The monoisotopic (exact) mass is 1310 g/mol.